The van der Waals surface area contributed by atoms with E-state index in [1.54, 1.807) is 19.1 Å². The number of hydrazone groups is 1. The van der Waals surface area contributed by atoms with E-state index in [0.717, 1.165) is 49.8 Å². The van der Waals surface area contributed by atoms with Crippen molar-refractivity contribution in [1.82, 2.24) is 10.3 Å². The lowest BCUT2D eigenvalue weighted by Gasteiger charge is -2.41. The summed E-state index contributed by atoms with van der Waals surface area (Å²) in [5, 5.41) is 5.14. The molecule has 0 radical (unpaired) electrons. The molecule has 0 aromatic carbocycles. The first kappa shape index (κ1) is 35.5. The molecule has 0 aliphatic carbocycles. The molecule has 1 rings (SSSR count). The second-order valence-electron chi connectivity index (χ2n) is 9.04. The van der Waals surface area contributed by atoms with Crippen molar-refractivity contribution in [3.63, 3.8) is 0 Å². The average molecular weight is 545 g/mol. The summed E-state index contributed by atoms with van der Waals surface area (Å²) in [4.78, 5) is 7.04. The van der Waals surface area contributed by atoms with Crippen molar-refractivity contribution in [1.29, 1.82) is 0 Å². The number of hydrogen-bond acceptors (Lipinski definition) is 3. The summed E-state index contributed by atoms with van der Waals surface area (Å²) in [6, 6.07) is 0. The Morgan fingerprint density at radius 2 is 1.97 bits per heavy atom. The lowest BCUT2D eigenvalue weighted by molar-refractivity contribution is 0.127. The number of piperidine rings is 1. The maximum absolute atomic E-state index is 13.7. The van der Waals surface area contributed by atoms with Gasteiger partial charge in [0.1, 0.15) is 11.7 Å². The van der Waals surface area contributed by atoms with E-state index in [4.69, 9.17) is 11.6 Å². The quantitative estimate of drug-likeness (QED) is 0.0827. The molecule has 1 aliphatic rings. The molecular weight excluding hydrogens is 495 g/mol. The van der Waals surface area contributed by atoms with Crippen LogP contribution in [0.25, 0.3) is 0 Å². The number of hydrogen-bond donors (Lipinski definition) is 1. The van der Waals surface area contributed by atoms with Gasteiger partial charge < -0.3 is 4.90 Å². The third kappa shape index (κ3) is 16.4. The predicted octanol–water partition coefficient (Wildman–Crippen LogP) is 8.79. The van der Waals surface area contributed by atoms with Crippen LogP contribution < -0.4 is 5.43 Å². The Morgan fingerprint density at radius 3 is 2.55 bits per heavy atom. The monoisotopic (exact) mass is 544 g/mol. The van der Waals surface area contributed by atoms with Crippen molar-refractivity contribution >= 4 is 23.7 Å². The highest BCUT2D eigenvalue weighted by Gasteiger charge is 2.35. The van der Waals surface area contributed by atoms with Crippen molar-refractivity contribution in [2.45, 2.75) is 60.3 Å². The van der Waals surface area contributed by atoms with Gasteiger partial charge in [0.25, 0.3) is 0 Å². The van der Waals surface area contributed by atoms with E-state index >= 15 is 0 Å². The SMILES string of the molecule is C/C=C/CCN1CCC(C(=NC)N/N=C/C/C=C\C(Cl)=C/CC)C(C(C)/C=C\C(F)=C/C)C1.C=C/C=C\C. The van der Waals surface area contributed by atoms with Gasteiger partial charge in [0, 0.05) is 43.7 Å². The van der Waals surface area contributed by atoms with Crippen LogP contribution in [-0.4, -0.2) is 43.6 Å². The summed E-state index contributed by atoms with van der Waals surface area (Å²) < 4.78 is 13.7. The summed E-state index contributed by atoms with van der Waals surface area (Å²) in [5.74, 6) is 1.47. The zero-order valence-corrected chi connectivity index (χ0v) is 25.2. The highest BCUT2D eigenvalue weighted by molar-refractivity contribution is 6.31. The van der Waals surface area contributed by atoms with Crippen molar-refractivity contribution in [3.8, 4) is 0 Å². The molecule has 1 saturated heterocycles. The molecule has 38 heavy (non-hydrogen) atoms. The average Bonchev–Trinajstić information content (AvgIpc) is 2.92. The van der Waals surface area contributed by atoms with Crippen LogP contribution in [0, 0.1) is 17.8 Å². The van der Waals surface area contributed by atoms with Gasteiger partial charge in [-0.2, -0.15) is 5.10 Å². The molecule has 4 nitrogen and oxygen atoms in total. The van der Waals surface area contributed by atoms with Gasteiger partial charge in [-0.3, -0.25) is 10.4 Å². The number of likely N-dealkylation sites (tertiary alicyclic amines) is 1. The molecule has 1 aliphatic heterocycles. The third-order valence-corrected chi connectivity index (χ3v) is 6.49. The summed E-state index contributed by atoms with van der Waals surface area (Å²) in [5.41, 5.74) is 3.18. The molecule has 1 N–H and O–H groups in total. The molecule has 0 aromatic heterocycles. The van der Waals surface area contributed by atoms with Crippen LogP contribution in [-0.2, 0) is 0 Å². The van der Waals surface area contributed by atoms with Crippen LogP contribution >= 0.6 is 11.6 Å². The van der Waals surface area contributed by atoms with E-state index in [1.807, 2.05) is 56.6 Å². The van der Waals surface area contributed by atoms with Crippen molar-refractivity contribution in [3.05, 3.63) is 84.3 Å². The Balaban J connectivity index is 0.00000249. The Morgan fingerprint density at radius 1 is 1.21 bits per heavy atom. The van der Waals surface area contributed by atoms with Gasteiger partial charge in [-0.1, -0.05) is 86.7 Å². The van der Waals surface area contributed by atoms with Gasteiger partial charge in [-0.05, 0) is 70.6 Å². The fourth-order valence-corrected chi connectivity index (χ4v) is 4.38. The highest BCUT2D eigenvalue weighted by atomic mass is 35.5. The van der Waals surface area contributed by atoms with Crippen LogP contribution in [0.3, 0.4) is 0 Å². The molecular formula is C32H50ClFN4. The Labute approximate surface area is 237 Å². The van der Waals surface area contributed by atoms with Crippen molar-refractivity contribution in [2.75, 3.05) is 26.7 Å². The largest absolute Gasteiger partial charge is 0.303 e. The van der Waals surface area contributed by atoms with E-state index in [1.165, 1.54) is 6.08 Å². The molecule has 0 aromatic rings. The van der Waals surface area contributed by atoms with E-state index in [2.05, 4.69) is 59.9 Å². The number of aliphatic imine (C=N–C) groups is 1. The Hall–Kier alpha value is -2.50. The summed E-state index contributed by atoms with van der Waals surface area (Å²) in [7, 11) is 1.81. The fraction of sp³-hybridized carbons (Fsp3) is 0.500. The Kier molecular flexibility index (Phi) is 22.1. The number of rotatable bonds is 13. The zero-order chi connectivity index (χ0) is 28.6. The van der Waals surface area contributed by atoms with Gasteiger partial charge in [0.15, 0.2) is 0 Å². The first-order valence-electron chi connectivity index (χ1n) is 13.7. The summed E-state index contributed by atoms with van der Waals surface area (Å²) in [6.45, 7) is 16.4. The highest BCUT2D eigenvalue weighted by Crippen LogP contribution is 2.32. The standard InChI is InChI=1S/C27H42ClFN4.C5H8/c1-6-9-12-19-33-20-17-25(26(21-33)22(4)15-16-24(29)8-3)27(30-5)32-31-18-11-10-14-23(28)13-7-2;1-3-5-4-2/h6,8-10,13-16,18,22,25-26H,7,11-12,17,19-21H2,1-5H3,(H,30,32);3-5H,1H2,2H3/b9-6+,14-10-,16-15-,23-13+,24-8+,31-18+;5-4-. The third-order valence-electron chi connectivity index (χ3n) is 6.21. The normalized spacial score (nSPS) is 21.1. The number of halogens is 2. The topological polar surface area (TPSA) is 40.0 Å². The fourth-order valence-electron chi connectivity index (χ4n) is 4.14. The molecule has 6 heteroatoms. The predicted molar refractivity (Wildman–Crippen MR) is 169 cm³/mol. The van der Waals surface area contributed by atoms with Crippen LogP contribution in [0.4, 0.5) is 4.39 Å². The number of nitrogens with one attached hydrogen (secondary N) is 1. The van der Waals surface area contributed by atoms with Crippen molar-refractivity contribution < 1.29 is 4.39 Å². The van der Waals surface area contributed by atoms with Crippen LogP contribution in [0.1, 0.15) is 60.3 Å². The molecule has 1 fully saturated rings. The number of allylic oxidation sites excluding steroid dienone is 12. The van der Waals surface area contributed by atoms with Crippen LogP contribution in [0.15, 0.2) is 94.4 Å². The van der Waals surface area contributed by atoms with Gasteiger partial charge in [-0.15, -0.1) is 0 Å². The van der Waals surface area contributed by atoms with Gasteiger partial charge in [0.2, 0.25) is 0 Å². The molecule has 3 atom stereocenters. The van der Waals surface area contributed by atoms with E-state index in [-0.39, 0.29) is 17.7 Å². The maximum Gasteiger partial charge on any atom is 0.120 e. The van der Waals surface area contributed by atoms with E-state index < -0.39 is 0 Å². The molecule has 212 valence electrons. The van der Waals surface area contributed by atoms with Gasteiger partial charge in [-0.25, -0.2) is 4.39 Å². The van der Waals surface area contributed by atoms with Crippen LogP contribution in [0.2, 0.25) is 0 Å². The minimum absolute atomic E-state index is 0.201. The lowest BCUT2D eigenvalue weighted by Crippen LogP contribution is -2.47. The molecule has 0 amide bonds. The minimum Gasteiger partial charge on any atom is -0.303 e. The summed E-state index contributed by atoms with van der Waals surface area (Å²) >= 11 is 6.07. The van der Waals surface area contributed by atoms with Crippen LogP contribution in [0.5, 0.6) is 0 Å². The molecule has 0 bridgehead atoms. The van der Waals surface area contributed by atoms with Gasteiger partial charge in [0.05, 0.1) is 0 Å². The number of nitrogens with zero attached hydrogens (tertiary/aromatic N) is 3. The second-order valence-corrected chi connectivity index (χ2v) is 9.47. The lowest BCUT2D eigenvalue weighted by atomic mass is 9.76. The number of amidine groups is 1. The molecule has 1 heterocycles. The second kappa shape index (κ2) is 23.6. The molecule has 0 saturated carbocycles. The van der Waals surface area contributed by atoms with Crippen molar-refractivity contribution in [2.24, 2.45) is 27.8 Å². The maximum atomic E-state index is 13.7. The zero-order valence-electron chi connectivity index (χ0n) is 24.4. The first-order valence-corrected chi connectivity index (χ1v) is 14.1. The molecule has 0 spiro atoms. The molecule has 3 unspecified atom stereocenters. The van der Waals surface area contributed by atoms with E-state index in [0.29, 0.717) is 12.3 Å². The van der Waals surface area contributed by atoms with Gasteiger partial charge >= 0.3 is 0 Å². The first-order chi connectivity index (χ1) is 18.4. The smallest absolute Gasteiger partial charge is 0.120 e. The minimum atomic E-state index is -0.201. The van der Waals surface area contributed by atoms with E-state index in [9.17, 15) is 4.39 Å². The Bertz CT molecular complexity index is 880. The summed E-state index contributed by atoms with van der Waals surface area (Å²) in [6.07, 6.45) is 26.3.